The third-order valence-electron chi connectivity index (χ3n) is 3.53. The molecular formula is C12H23N5. The van der Waals surface area contributed by atoms with Crippen molar-refractivity contribution in [1.29, 1.82) is 0 Å². The number of hydrogen-bond donors (Lipinski definition) is 1. The van der Waals surface area contributed by atoms with E-state index in [4.69, 9.17) is 0 Å². The van der Waals surface area contributed by atoms with Gasteiger partial charge in [0.2, 0.25) is 0 Å². The number of piperidine rings is 1. The summed E-state index contributed by atoms with van der Waals surface area (Å²) in [6.07, 6.45) is 5.73. The van der Waals surface area contributed by atoms with Gasteiger partial charge >= 0.3 is 0 Å². The van der Waals surface area contributed by atoms with E-state index in [-0.39, 0.29) is 0 Å². The van der Waals surface area contributed by atoms with Crippen LogP contribution in [-0.4, -0.2) is 45.3 Å². The van der Waals surface area contributed by atoms with Crippen molar-refractivity contribution in [1.82, 2.24) is 25.0 Å². The van der Waals surface area contributed by atoms with Crippen molar-refractivity contribution >= 4 is 0 Å². The van der Waals surface area contributed by atoms with Gasteiger partial charge in [-0.2, -0.15) is 0 Å². The number of likely N-dealkylation sites (tertiary alicyclic amines) is 1. The van der Waals surface area contributed by atoms with Gasteiger partial charge in [0.05, 0.1) is 6.54 Å². The van der Waals surface area contributed by atoms with Gasteiger partial charge in [0, 0.05) is 19.6 Å². The molecule has 1 aromatic heterocycles. The first-order valence-electron chi connectivity index (χ1n) is 6.59. The van der Waals surface area contributed by atoms with Crippen LogP contribution in [0.4, 0.5) is 0 Å². The van der Waals surface area contributed by atoms with E-state index in [1.54, 1.807) is 6.33 Å². The van der Waals surface area contributed by atoms with Gasteiger partial charge in [0.25, 0.3) is 0 Å². The number of rotatable bonds is 5. The third-order valence-corrected chi connectivity index (χ3v) is 3.53. The Balaban J connectivity index is 1.94. The molecule has 1 atom stereocenters. The first-order chi connectivity index (χ1) is 8.31. The Kier molecular flexibility index (Phi) is 4.50. The van der Waals surface area contributed by atoms with E-state index in [9.17, 15) is 0 Å². The van der Waals surface area contributed by atoms with Crippen molar-refractivity contribution in [2.24, 2.45) is 7.05 Å². The summed E-state index contributed by atoms with van der Waals surface area (Å²) in [7, 11) is 2.01. The van der Waals surface area contributed by atoms with Crippen molar-refractivity contribution in [2.75, 3.05) is 19.6 Å². The zero-order chi connectivity index (χ0) is 12.1. The lowest BCUT2D eigenvalue weighted by molar-refractivity contribution is 0.133. The highest BCUT2D eigenvalue weighted by molar-refractivity contribution is 4.88. The predicted molar refractivity (Wildman–Crippen MR) is 67.6 cm³/mol. The molecular weight excluding hydrogens is 214 g/mol. The zero-order valence-corrected chi connectivity index (χ0v) is 10.9. The summed E-state index contributed by atoms with van der Waals surface area (Å²) in [6, 6.07) is 0.653. The SMILES string of the molecule is CCNCC1CCCCN1Cc1nncn1C. The standard InChI is InChI=1S/C12H23N5/c1-3-13-8-11-6-4-5-7-17(11)9-12-15-14-10-16(12)2/h10-11,13H,3-9H2,1-2H3. The molecule has 0 spiro atoms. The third kappa shape index (κ3) is 3.26. The fourth-order valence-corrected chi connectivity index (χ4v) is 2.44. The predicted octanol–water partition coefficient (Wildman–Crippen LogP) is 0.779. The van der Waals surface area contributed by atoms with Gasteiger partial charge in [0.1, 0.15) is 12.2 Å². The van der Waals surface area contributed by atoms with Gasteiger partial charge in [-0.1, -0.05) is 13.3 Å². The summed E-state index contributed by atoms with van der Waals surface area (Å²) in [6.45, 7) is 6.41. The Morgan fingerprint density at radius 3 is 3.06 bits per heavy atom. The maximum absolute atomic E-state index is 4.18. The molecule has 1 N–H and O–H groups in total. The first kappa shape index (κ1) is 12.5. The van der Waals surface area contributed by atoms with E-state index in [0.29, 0.717) is 6.04 Å². The van der Waals surface area contributed by atoms with E-state index in [1.807, 2.05) is 11.6 Å². The van der Waals surface area contributed by atoms with Crippen LogP contribution < -0.4 is 5.32 Å². The largest absolute Gasteiger partial charge is 0.320 e. The minimum absolute atomic E-state index is 0.653. The minimum atomic E-state index is 0.653. The van der Waals surface area contributed by atoms with Crippen LogP contribution in [0.2, 0.25) is 0 Å². The maximum atomic E-state index is 4.18. The molecule has 1 aliphatic heterocycles. The second kappa shape index (κ2) is 6.12. The fraction of sp³-hybridized carbons (Fsp3) is 0.833. The van der Waals surface area contributed by atoms with Crippen LogP contribution in [0.25, 0.3) is 0 Å². The first-order valence-corrected chi connectivity index (χ1v) is 6.59. The molecule has 0 radical (unpaired) electrons. The smallest absolute Gasteiger partial charge is 0.146 e. The molecule has 1 saturated heterocycles. The number of aryl methyl sites for hydroxylation is 1. The number of hydrogen-bond acceptors (Lipinski definition) is 4. The summed E-state index contributed by atoms with van der Waals surface area (Å²) in [4.78, 5) is 2.54. The molecule has 96 valence electrons. The monoisotopic (exact) mass is 237 g/mol. The molecule has 17 heavy (non-hydrogen) atoms. The summed E-state index contributed by atoms with van der Waals surface area (Å²) in [5.41, 5.74) is 0. The topological polar surface area (TPSA) is 46.0 Å². The Morgan fingerprint density at radius 2 is 2.35 bits per heavy atom. The van der Waals surface area contributed by atoms with Crippen LogP contribution in [0.15, 0.2) is 6.33 Å². The quantitative estimate of drug-likeness (QED) is 0.822. The van der Waals surface area contributed by atoms with Crippen molar-refractivity contribution in [3.05, 3.63) is 12.2 Å². The number of nitrogens with zero attached hydrogens (tertiary/aromatic N) is 4. The highest BCUT2D eigenvalue weighted by atomic mass is 15.3. The lowest BCUT2D eigenvalue weighted by Crippen LogP contribution is -2.45. The summed E-state index contributed by atoms with van der Waals surface area (Å²) < 4.78 is 2.01. The van der Waals surface area contributed by atoms with Gasteiger partial charge in [-0.3, -0.25) is 4.90 Å². The molecule has 2 rings (SSSR count). The van der Waals surface area contributed by atoms with E-state index in [2.05, 4.69) is 27.3 Å². The summed E-state index contributed by atoms with van der Waals surface area (Å²) in [5, 5.41) is 11.6. The van der Waals surface area contributed by atoms with Crippen LogP contribution in [0.3, 0.4) is 0 Å². The van der Waals surface area contributed by atoms with Crippen LogP contribution in [-0.2, 0) is 13.6 Å². The van der Waals surface area contributed by atoms with Gasteiger partial charge in [0.15, 0.2) is 0 Å². The van der Waals surface area contributed by atoms with Gasteiger partial charge in [-0.15, -0.1) is 10.2 Å². The Bertz CT molecular complexity index is 335. The molecule has 1 fully saturated rings. The summed E-state index contributed by atoms with van der Waals surface area (Å²) >= 11 is 0. The van der Waals surface area contributed by atoms with Crippen molar-refractivity contribution < 1.29 is 0 Å². The Hall–Kier alpha value is -0.940. The lowest BCUT2D eigenvalue weighted by atomic mass is 10.0. The molecule has 1 aromatic rings. The normalized spacial score (nSPS) is 21.9. The second-order valence-electron chi connectivity index (χ2n) is 4.79. The zero-order valence-electron chi connectivity index (χ0n) is 10.9. The van der Waals surface area contributed by atoms with Crippen LogP contribution in [0.5, 0.6) is 0 Å². The fourth-order valence-electron chi connectivity index (χ4n) is 2.44. The van der Waals surface area contributed by atoms with Gasteiger partial charge in [-0.05, 0) is 25.9 Å². The van der Waals surface area contributed by atoms with E-state index in [1.165, 1.54) is 25.8 Å². The average Bonchev–Trinajstić information content (AvgIpc) is 2.74. The lowest BCUT2D eigenvalue weighted by Gasteiger charge is -2.35. The highest BCUT2D eigenvalue weighted by Gasteiger charge is 2.23. The molecule has 1 unspecified atom stereocenters. The van der Waals surface area contributed by atoms with E-state index < -0.39 is 0 Å². The molecule has 2 heterocycles. The maximum Gasteiger partial charge on any atom is 0.146 e. The molecule has 1 aliphatic rings. The second-order valence-corrected chi connectivity index (χ2v) is 4.79. The average molecular weight is 237 g/mol. The van der Waals surface area contributed by atoms with Crippen molar-refractivity contribution in [3.63, 3.8) is 0 Å². The molecule has 0 aliphatic carbocycles. The summed E-state index contributed by atoms with van der Waals surface area (Å²) in [5.74, 6) is 1.06. The molecule has 0 saturated carbocycles. The minimum Gasteiger partial charge on any atom is -0.320 e. The number of nitrogens with one attached hydrogen (secondary N) is 1. The van der Waals surface area contributed by atoms with Gasteiger partial charge < -0.3 is 9.88 Å². The molecule has 0 bridgehead atoms. The Morgan fingerprint density at radius 1 is 1.47 bits per heavy atom. The van der Waals surface area contributed by atoms with Crippen LogP contribution in [0.1, 0.15) is 32.0 Å². The van der Waals surface area contributed by atoms with Gasteiger partial charge in [-0.25, -0.2) is 0 Å². The molecule has 5 heteroatoms. The Labute approximate surface area is 103 Å². The molecule has 0 amide bonds. The van der Waals surface area contributed by atoms with E-state index >= 15 is 0 Å². The number of likely N-dealkylation sites (N-methyl/N-ethyl adjacent to an activating group) is 1. The van der Waals surface area contributed by atoms with Crippen molar-refractivity contribution in [3.8, 4) is 0 Å². The van der Waals surface area contributed by atoms with Crippen LogP contribution >= 0.6 is 0 Å². The molecule has 0 aromatic carbocycles. The van der Waals surface area contributed by atoms with E-state index in [0.717, 1.165) is 25.5 Å². The van der Waals surface area contributed by atoms with Crippen molar-refractivity contribution in [2.45, 2.75) is 38.8 Å². The molecule has 5 nitrogen and oxygen atoms in total. The van der Waals surface area contributed by atoms with Crippen LogP contribution in [0, 0.1) is 0 Å². The number of aromatic nitrogens is 3. The highest BCUT2D eigenvalue weighted by Crippen LogP contribution is 2.18.